The van der Waals surface area contributed by atoms with E-state index in [0.29, 0.717) is 18.0 Å². The molecule has 0 radical (unpaired) electrons. The second-order valence-corrected chi connectivity index (χ2v) is 6.46. The minimum atomic E-state index is 0.433. The molecule has 4 heteroatoms. The zero-order valence-electron chi connectivity index (χ0n) is 12.8. The maximum absolute atomic E-state index is 6.39. The Morgan fingerprint density at radius 1 is 1.45 bits per heavy atom. The maximum Gasteiger partial charge on any atom is 0.121 e. The van der Waals surface area contributed by atoms with E-state index in [1.165, 1.54) is 6.42 Å². The van der Waals surface area contributed by atoms with Gasteiger partial charge in [0, 0.05) is 31.2 Å². The van der Waals surface area contributed by atoms with E-state index < -0.39 is 0 Å². The SMILES string of the molecule is COc1ccc(Cl)c(N2CC(CC(C)C)NCC2C)c1. The molecule has 1 aromatic carbocycles. The number of nitrogens with zero attached hydrogens (tertiary/aromatic N) is 1. The first-order valence-corrected chi connectivity index (χ1v) is 7.72. The summed E-state index contributed by atoms with van der Waals surface area (Å²) in [5.41, 5.74) is 1.08. The molecule has 0 aliphatic carbocycles. The summed E-state index contributed by atoms with van der Waals surface area (Å²) in [5, 5.41) is 4.43. The third-order valence-corrected chi connectivity index (χ3v) is 4.19. The maximum atomic E-state index is 6.39. The van der Waals surface area contributed by atoms with Gasteiger partial charge in [-0.25, -0.2) is 0 Å². The molecule has 1 N–H and O–H groups in total. The molecule has 0 amide bonds. The van der Waals surface area contributed by atoms with Gasteiger partial charge in [0.2, 0.25) is 0 Å². The van der Waals surface area contributed by atoms with Gasteiger partial charge in [-0.3, -0.25) is 0 Å². The molecule has 1 heterocycles. The lowest BCUT2D eigenvalue weighted by atomic mass is 9.99. The highest BCUT2D eigenvalue weighted by atomic mass is 35.5. The van der Waals surface area contributed by atoms with Crippen LogP contribution in [0.4, 0.5) is 5.69 Å². The highest BCUT2D eigenvalue weighted by molar-refractivity contribution is 6.33. The second-order valence-electron chi connectivity index (χ2n) is 6.05. The van der Waals surface area contributed by atoms with E-state index in [-0.39, 0.29) is 0 Å². The van der Waals surface area contributed by atoms with Crippen molar-refractivity contribution in [1.29, 1.82) is 0 Å². The number of benzene rings is 1. The minimum Gasteiger partial charge on any atom is -0.497 e. The highest BCUT2D eigenvalue weighted by Gasteiger charge is 2.27. The molecule has 0 aromatic heterocycles. The smallest absolute Gasteiger partial charge is 0.121 e. The van der Waals surface area contributed by atoms with E-state index in [1.54, 1.807) is 7.11 Å². The first-order valence-electron chi connectivity index (χ1n) is 7.34. The first kappa shape index (κ1) is 15.5. The number of hydrogen-bond donors (Lipinski definition) is 1. The van der Waals surface area contributed by atoms with Gasteiger partial charge in [-0.1, -0.05) is 25.4 Å². The fourth-order valence-corrected chi connectivity index (χ4v) is 3.06. The Kier molecular flexibility index (Phi) is 5.17. The van der Waals surface area contributed by atoms with Crippen LogP contribution in [0.3, 0.4) is 0 Å². The predicted molar refractivity (Wildman–Crippen MR) is 86.1 cm³/mol. The number of methoxy groups -OCH3 is 1. The molecule has 2 atom stereocenters. The van der Waals surface area contributed by atoms with E-state index in [2.05, 4.69) is 31.0 Å². The van der Waals surface area contributed by atoms with E-state index in [0.717, 1.165) is 29.5 Å². The van der Waals surface area contributed by atoms with E-state index >= 15 is 0 Å². The van der Waals surface area contributed by atoms with Crippen LogP contribution in [-0.2, 0) is 0 Å². The molecule has 0 spiro atoms. The lowest BCUT2D eigenvalue weighted by molar-refractivity contribution is 0.355. The van der Waals surface area contributed by atoms with Crippen molar-refractivity contribution in [2.75, 3.05) is 25.1 Å². The van der Waals surface area contributed by atoms with Gasteiger partial charge in [-0.15, -0.1) is 0 Å². The number of rotatable bonds is 4. The Balaban J connectivity index is 2.20. The Labute approximate surface area is 127 Å². The number of piperazine rings is 1. The van der Waals surface area contributed by atoms with Crippen molar-refractivity contribution in [2.24, 2.45) is 5.92 Å². The number of hydrogen-bond acceptors (Lipinski definition) is 3. The van der Waals surface area contributed by atoms with Gasteiger partial charge in [-0.05, 0) is 31.4 Å². The van der Waals surface area contributed by atoms with Crippen LogP contribution in [0.15, 0.2) is 18.2 Å². The summed E-state index contributed by atoms with van der Waals surface area (Å²) >= 11 is 6.39. The average Bonchev–Trinajstić information content (AvgIpc) is 2.41. The van der Waals surface area contributed by atoms with Crippen LogP contribution in [-0.4, -0.2) is 32.3 Å². The summed E-state index contributed by atoms with van der Waals surface area (Å²) < 4.78 is 5.33. The zero-order valence-corrected chi connectivity index (χ0v) is 13.6. The molecule has 0 bridgehead atoms. The van der Waals surface area contributed by atoms with Crippen molar-refractivity contribution in [2.45, 2.75) is 39.3 Å². The molecule has 1 aliphatic rings. The average molecular weight is 297 g/mol. The molecule has 20 heavy (non-hydrogen) atoms. The summed E-state index contributed by atoms with van der Waals surface area (Å²) in [6.45, 7) is 8.75. The summed E-state index contributed by atoms with van der Waals surface area (Å²) in [5.74, 6) is 1.55. The molecule has 3 nitrogen and oxygen atoms in total. The molecule has 1 fully saturated rings. The third kappa shape index (κ3) is 3.58. The van der Waals surface area contributed by atoms with E-state index in [4.69, 9.17) is 16.3 Å². The first-order chi connectivity index (χ1) is 9.51. The van der Waals surface area contributed by atoms with Gasteiger partial charge < -0.3 is 15.0 Å². The molecule has 2 rings (SSSR count). The molecule has 1 aliphatic heterocycles. The van der Waals surface area contributed by atoms with Crippen molar-refractivity contribution < 1.29 is 4.74 Å². The molecule has 0 saturated carbocycles. The number of halogens is 1. The number of nitrogens with one attached hydrogen (secondary N) is 1. The van der Waals surface area contributed by atoms with Gasteiger partial charge in [0.05, 0.1) is 17.8 Å². The normalized spacial score (nSPS) is 23.2. The van der Waals surface area contributed by atoms with Crippen molar-refractivity contribution in [1.82, 2.24) is 5.32 Å². The summed E-state index contributed by atoms with van der Waals surface area (Å²) in [7, 11) is 1.69. The number of anilines is 1. The Morgan fingerprint density at radius 3 is 2.85 bits per heavy atom. The molecular formula is C16H25ClN2O. The molecule has 1 saturated heterocycles. The molecule has 112 valence electrons. The standard InChI is InChI=1S/C16H25ClN2O/c1-11(2)7-13-10-19(12(3)9-18-13)16-8-14(20-4)5-6-15(16)17/h5-6,8,11-13,18H,7,9-10H2,1-4H3. The van der Waals surface area contributed by atoms with Crippen LogP contribution in [0.2, 0.25) is 5.02 Å². The zero-order chi connectivity index (χ0) is 14.7. The summed E-state index contributed by atoms with van der Waals surface area (Å²) in [6, 6.07) is 6.82. The van der Waals surface area contributed by atoms with E-state index in [9.17, 15) is 0 Å². The minimum absolute atomic E-state index is 0.433. The monoisotopic (exact) mass is 296 g/mol. The van der Waals surface area contributed by atoms with Crippen LogP contribution in [0, 0.1) is 5.92 Å². The van der Waals surface area contributed by atoms with Gasteiger partial charge in [-0.2, -0.15) is 0 Å². The molecular weight excluding hydrogens is 272 g/mol. The van der Waals surface area contributed by atoms with E-state index in [1.807, 2.05) is 18.2 Å². The van der Waals surface area contributed by atoms with Gasteiger partial charge in [0.15, 0.2) is 0 Å². The van der Waals surface area contributed by atoms with Crippen molar-refractivity contribution in [3.8, 4) is 5.75 Å². The Bertz CT molecular complexity index is 450. The second kappa shape index (κ2) is 6.68. The highest BCUT2D eigenvalue weighted by Crippen LogP contribution is 2.32. The van der Waals surface area contributed by atoms with Gasteiger partial charge in [0.25, 0.3) is 0 Å². The van der Waals surface area contributed by atoms with Gasteiger partial charge in [0.1, 0.15) is 5.75 Å². The number of ether oxygens (including phenoxy) is 1. The Morgan fingerprint density at radius 2 is 2.20 bits per heavy atom. The van der Waals surface area contributed by atoms with Gasteiger partial charge >= 0.3 is 0 Å². The van der Waals surface area contributed by atoms with Crippen LogP contribution >= 0.6 is 11.6 Å². The van der Waals surface area contributed by atoms with Crippen LogP contribution < -0.4 is 15.0 Å². The van der Waals surface area contributed by atoms with Crippen LogP contribution in [0.25, 0.3) is 0 Å². The lowest BCUT2D eigenvalue weighted by Gasteiger charge is -2.41. The fraction of sp³-hybridized carbons (Fsp3) is 0.625. The van der Waals surface area contributed by atoms with Crippen molar-refractivity contribution >= 4 is 17.3 Å². The summed E-state index contributed by atoms with van der Waals surface area (Å²) in [4.78, 5) is 2.40. The van der Waals surface area contributed by atoms with Crippen LogP contribution in [0.5, 0.6) is 5.75 Å². The predicted octanol–water partition coefficient (Wildman–Crippen LogP) is 3.56. The topological polar surface area (TPSA) is 24.5 Å². The quantitative estimate of drug-likeness (QED) is 0.919. The third-order valence-electron chi connectivity index (χ3n) is 3.87. The Hall–Kier alpha value is -0.930. The fourth-order valence-electron chi connectivity index (χ4n) is 2.83. The van der Waals surface area contributed by atoms with Crippen molar-refractivity contribution in [3.05, 3.63) is 23.2 Å². The lowest BCUT2D eigenvalue weighted by Crippen LogP contribution is -2.56. The van der Waals surface area contributed by atoms with Crippen LogP contribution in [0.1, 0.15) is 27.2 Å². The summed E-state index contributed by atoms with van der Waals surface area (Å²) in [6.07, 6.45) is 1.19. The van der Waals surface area contributed by atoms with Crippen molar-refractivity contribution in [3.63, 3.8) is 0 Å². The molecule has 1 aromatic rings. The largest absolute Gasteiger partial charge is 0.497 e. The molecule has 2 unspecified atom stereocenters.